The first-order chi connectivity index (χ1) is 9.63. The Morgan fingerprint density at radius 3 is 2.95 bits per heavy atom. The molecule has 3 aromatic rings. The lowest BCUT2D eigenvalue weighted by Gasteiger charge is -2.03. The highest BCUT2D eigenvalue weighted by Crippen LogP contribution is 2.33. The minimum atomic E-state index is -1.01. The van der Waals surface area contributed by atoms with Crippen molar-refractivity contribution in [2.45, 2.75) is 0 Å². The first kappa shape index (κ1) is 12.3. The number of nitrogens with zero attached hydrogens (tertiary/aromatic N) is 2. The molecule has 0 spiro atoms. The van der Waals surface area contributed by atoms with Crippen molar-refractivity contribution in [1.29, 1.82) is 0 Å². The second-order valence-electron chi connectivity index (χ2n) is 4.45. The van der Waals surface area contributed by atoms with Crippen LogP contribution in [-0.2, 0) is 7.05 Å². The Hall–Kier alpha value is -2.76. The Kier molecular flexibility index (Phi) is 2.71. The number of ether oxygens (including phenoxy) is 1. The Balaban J connectivity index is 2.30. The fraction of sp³-hybridized carbons (Fsp3) is 0.143. The van der Waals surface area contributed by atoms with Gasteiger partial charge >= 0.3 is 5.97 Å². The quantitative estimate of drug-likeness (QED) is 0.765. The Bertz CT molecular complexity index is 801. The molecule has 0 aliphatic rings. The van der Waals surface area contributed by atoms with Gasteiger partial charge in [0.25, 0.3) is 0 Å². The highest BCUT2D eigenvalue weighted by Gasteiger charge is 2.18. The number of carboxylic acids is 1. The van der Waals surface area contributed by atoms with E-state index in [9.17, 15) is 9.90 Å². The summed E-state index contributed by atoms with van der Waals surface area (Å²) in [6.07, 6.45) is 1.31. The van der Waals surface area contributed by atoms with Crippen LogP contribution in [0.1, 0.15) is 10.4 Å². The number of fused-ring (bicyclic) bond motifs is 1. The van der Waals surface area contributed by atoms with Crippen LogP contribution in [0.4, 0.5) is 0 Å². The van der Waals surface area contributed by atoms with Gasteiger partial charge in [0.05, 0.1) is 30.2 Å². The van der Waals surface area contributed by atoms with Crippen LogP contribution in [0.3, 0.4) is 0 Å². The number of nitrogens with one attached hydrogen (secondary N) is 1. The smallest absolute Gasteiger partial charge is 0.339 e. The summed E-state index contributed by atoms with van der Waals surface area (Å²) in [5, 5.41) is 16.7. The third kappa shape index (κ3) is 1.65. The van der Waals surface area contributed by atoms with Crippen molar-refractivity contribution >= 4 is 16.9 Å². The van der Waals surface area contributed by atoms with E-state index >= 15 is 0 Å². The zero-order valence-electron chi connectivity index (χ0n) is 11.0. The van der Waals surface area contributed by atoms with E-state index in [-0.39, 0.29) is 5.56 Å². The molecule has 0 saturated heterocycles. The average Bonchev–Trinajstić information content (AvgIpc) is 3.03. The minimum Gasteiger partial charge on any atom is -0.496 e. The Labute approximate surface area is 114 Å². The van der Waals surface area contributed by atoms with Gasteiger partial charge in [0.1, 0.15) is 11.3 Å². The molecule has 20 heavy (non-hydrogen) atoms. The molecule has 0 aliphatic heterocycles. The van der Waals surface area contributed by atoms with Gasteiger partial charge in [-0.25, -0.2) is 4.79 Å². The molecule has 0 aliphatic carbocycles. The van der Waals surface area contributed by atoms with Crippen molar-refractivity contribution in [2.24, 2.45) is 7.05 Å². The number of methoxy groups -OCH3 is 1. The highest BCUT2D eigenvalue weighted by atomic mass is 16.5. The van der Waals surface area contributed by atoms with Crippen molar-refractivity contribution in [3.8, 4) is 17.1 Å². The number of aromatic nitrogens is 3. The lowest BCUT2D eigenvalue weighted by molar-refractivity contribution is 0.0698. The molecule has 102 valence electrons. The summed E-state index contributed by atoms with van der Waals surface area (Å²) >= 11 is 0. The number of hydrogen-bond donors (Lipinski definition) is 2. The zero-order chi connectivity index (χ0) is 14.3. The van der Waals surface area contributed by atoms with E-state index in [0.717, 1.165) is 22.3 Å². The van der Waals surface area contributed by atoms with Crippen molar-refractivity contribution in [2.75, 3.05) is 7.11 Å². The predicted octanol–water partition coefficient (Wildman–Crippen LogP) is 2.28. The minimum absolute atomic E-state index is 0.148. The molecule has 0 amide bonds. The second kappa shape index (κ2) is 4.41. The van der Waals surface area contributed by atoms with Crippen molar-refractivity contribution in [1.82, 2.24) is 14.8 Å². The van der Waals surface area contributed by atoms with E-state index in [1.54, 1.807) is 7.11 Å². The van der Waals surface area contributed by atoms with Gasteiger partial charge in [-0.1, -0.05) is 6.07 Å². The summed E-state index contributed by atoms with van der Waals surface area (Å²) < 4.78 is 7.25. The van der Waals surface area contributed by atoms with Gasteiger partial charge in [0.2, 0.25) is 0 Å². The molecule has 6 heteroatoms. The van der Waals surface area contributed by atoms with Gasteiger partial charge in [-0.15, -0.1) is 0 Å². The topological polar surface area (TPSA) is 80.1 Å². The fourth-order valence-electron chi connectivity index (χ4n) is 2.39. The first-order valence-corrected chi connectivity index (χ1v) is 6.03. The van der Waals surface area contributed by atoms with Gasteiger partial charge < -0.3 is 14.4 Å². The largest absolute Gasteiger partial charge is 0.496 e. The summed E-state index contributed by atoms with van der Waals surface area (Å²) in [7, 11) is 3.49. The van der Waals surface area contributed by atoms with Crippen LogP contribution in [0, 0.1) is 0 Å². The molecule has 0 radical (unpaired) electrons. The highest BCUT2D eigenvalue weighted by molar-refractivity contribution is 5.97. The number of benzene rings is 1. The number of aromatic carboxylic acids is 1. The van der Waals surface area contributed by atoms with Crippen molar-refractivity contribution < 1.29 is 14.6 Å². The van der Waals surface area contributed by atoms with E-state index in [0.29, 0.717) is 5.69 Å². The number of aryl methyl sites for hydroxylation is 1. The first-order valence-electron chi connectivity index (χ1n) is 6.03. The summed E-state index contributed by atoms with van der Waals surface area (Å²) in [6.45, 7) is 0. The van der Waals surface area contributed by atoms with Crippen molar-refractivity contribution in [3.05, 3.63) is 36.0 Å². The number of H-pyrrole nitrogens is 1. The third-order valence-electron chi connectivity index (χ3n) is 3.39. The normalized spacial score (nSPS) is 10.9. The number of aromatic amines is 1. The molecular weight excluding hydrogens is 258 g/mol. The number of carbonyl (C=O) groups is 1. The van der Waals surface area contributed by atoms with E-state index in [4.69, 9.17) is 4.74 Å². The molecular formula is C14H13N3O3. The standard InChI is InChI=1S/C14H13N3O3/c1-17-10-4-3-5-12(20-2)8(10)6-11(17)13-9(14(18)19)7-15-16-13/h3-7H,1-2H3,(H,15,16)(H,18,19). The van der Waals surface area contributed by atoms with Crippen LogP contribution in [0.25, 0.3) is 22.3 Å². The van der Waals surface area contributed by atoms with Gasteiger partial charge in [0.15, 0.2) is 0 Å². The number of carboxylic acid groups (broad SMARTS) is 1. The predicted molar refractivity (Wildman–Crippen MR) is 74.0 cm³/mol. The second-order valence-corrected chi connectivity index (χ2v) is 4.45. The maximum Gasteiger partial charge on any atom is 0.339 e. The molecule has 3 rings (SSSR count). The maximum absolute atomic E-state index is 11.2. The maximum atomic E-state index is 11.2. The number of rotatable bonds is 3. The molecule has 0 atom stereocenters. The van der Waals surface area contributed by atoms with E-state index in [1.165, 1.54) is 6.20 Å². The summed E-state index contributed by atoms with van der Waals surface area (Å²) in [5.74, 6) is -0.258. The van der Waals surface area contributed by atoms with Gasteiger partial charge in [-0.3, -0.25) is 5.10 Å². The molecule has 0 bridgehead atoms. The Morgan fingerprint density at radius 1 is 1.45 bits per heavy atom. The molecule has 0 fully saturated rings. The van der Waals surface area contributed by atoms with Crippen LogP contribution in [-0.4, -0.2) is 33.0 Å². The lowest BCUT2D eigenvalue weighted by atomic mass is 10.2. The third-order valence-corrected chi connectivity index (χ3v) is 3.39. The molecule has 2 aromatic heterocycles. The monoisotopic (exact) mass is 271 g/mol. The van der Waals surface area contributed by atoms with Crippen LogP contribution < -0.4 is 4.74 Å². The van der Waals surface area contributed by atoms with E-state index < -0.39 is 5.97 Å². The lowest BCUT2D eigenvalue weighted by Crippen LogP contribution is -1.99. The molecule has 2 heterocycles. The van der Waals surface area contributed by atoms with Crippen LogP contribution in [0.2, 0.25) is 0 Å². The molecule has 2 N–H and O–H groups in total. The Morgan fingerprint density at radius 2 is 2.25 bits per heavy atom. The summed E-state index contributed by atoms with van der Waals surface area (Å²) in [5.41, 5.74) is 2.35. The van der Waals surface area contributed by atoms with Crippen LogP contribution >= 0.6 is 0 Å². The van der Waals surface area contributed by atoms with Gasteiger partial charge in [-0.05, 0) is 18.2 Å². The van der Waals surface area contributed by atoms with E-state index in [1.807, 2.05) is 35.9 Å². The molecule has 6 nitrogen and oxygen atoms in total. The van der Waals surface area contributed by atoms with E-state index in [2.05, 4.69) is 10.2 Å². The summed E-state index contributed by atoms with van der Waals surface area (Å²) in [4.78, 5) is 11.2. The van der Waals surface area contributed by atoms with Crippen molar-refractivity contribution in [3.63, 3.8) is 0 Å². The molecule has 0 saturated carbocycles. The number of hydrogen-bond acceptors (Lipinski definition) is 3. The van der Waals surface area contributed by atoms with Gasteiger partial charge in [-0.2, -0.15) is 5.10 Å². The molecule has 1 aromatic carbocycles. The molecule has 0 unspecified atom stereocenters. The van der Waals surface area contributed by atoms with Crippen LogP contribution in [0.15, 0.2) is 30.5 Å². The summed E-state index contributed by atoms with van der Waals surface area (Å²) in [6, 6.07) is 7.62. The average molecular weight is 271 g/mol. The fourth-order valence-corrected chi connectivity index (χ4v) is 2.39. The SMILES string of the molecule is COc1cccc2c1cc(-c1[nH]ncc1C(=O)O)n2C. The zero-order valence-corrected chi connectivity index (χ0v) is 11.0. The van der Waals surface area contributed by atoms with Crippen LogP contribution in [0.5, 0.6) is 5.75 Å². The van der Waals surface area contributed by atoms with Gasteiger partial charge in [0, 0.05) is 12.4 Å².